The van der Waals surface area contributed by atoms with Gasteiger partial charge in [0.2, 0.25) is 5.65 Å². The Hall–Kier alpha value is -1.77. The third kappa shape index (κ3) is 2.97. The number of hydrogen-bond donors (Lipinski definition) is 0. The van der Waals surface area contributed by atoms with E-state index in [1.165, 1.54) is 11.3 Å². The number of rotatable bonds is 4. The first-order chi connectivity index (χ1) is 11.7. The van der Waals surface area contributed by atoms with Gasteiger partial charge in [-0.1, -0.05) is 0 Å². The van der Waals surface area contributed by atoms with Crippen molar-refractivity contribution in [2.45, 2.75) is 26.6 Å². The Bertz CT molecular complexity index is 704. The quantitative estimate of drug-likeness (QED) is 0.813. The lowest BCUT2D eigenvalue weighted by atomic mass is 10.1. The molecular formula is C16H24N6O2. The molecule has 0 unspecified atom stereocenters. The van der Waals surface area contributed by atoms with Gasteiger partial charge in [0.25, 0.3) is 0 Å². The molecule has 2 aromatic rings. The first-order valence-corrected chi connectivity index (χ1v) is 8.60. The molecule has 0 atom stereocenters. The zero-order chi connectivity index (χ0) is 16.5. The summed E-state index contributed by atoms with van der Waals surface area (Å²) in [4.78, 5) is 4.89. The standard InChI is InChI=1S/C16H24N6O2/c1-12-13(2)19-22-11-17-18-16(22)15(12)21-7-5-20(6-8-21)4-3-14-23-9-10-24-14/h11,14H,3-10H2,1-2H3. The molecule has 4 heterocycles. The summed E-state index contributed by atoms with van der Waals surface area (Å²) in [5.74, 6) is 0. The second-order valence-electron chi connectivity index (χ2n) is 6.45. The van der Waals surface area contributed by atoms with Crippen molar-refractivity contribution in [3.8, 4) is 0 Å². The van der Waals surface area contributed by atoms with Crippen LogP contribution in [-0.2, 0) is 9.47 Å². The maximum absolute atomic E-state index is 5.52. The average Bonchev–Trinajstić information content (AvgIpc) is 3.26. The second kappa shape index (κ2) is 6.62. The lowest BCUT2D eigenvalue weighted by molar-refractivity contribution is -0.0516. The largest absolute Gasteiger partial charge is 0.366 e. The summed E-state index contributed by atoms with van der Waals surface area (Å²) < 4.78 is 12.8. The van der Waals surface area contributed by atoms with Gasteiger partial charge in [-0.25, -0.2) is 0 Å². The van der Waals surface area contributed by atoms with E-state index in [2.05, 4.69) is 32.0 Å². The first kappa shape index (κ1) is 15.7. The number of hydrogen-bond acceptors (Lipinski definition) is 7. The fourth-order valence-corrected chi connectivity index (χ4v) is 3.47. The summed E-state index contributed by atoms with van der Waals surface area (Å²) in [5, 5.41) is 12.8. The maximum Gasteiger partial charge on any atom is 0.201 e. The lowest BCUT2D eigenvalue weighted by Gasteiger charge is -2.37. The van der Waals surface area contributed by atoms with Gasteiger partial charge in [-0.3, -0.25) is 4.90 Å². The molecule has 0 amide bonds. The topological polar surface area (TPSA) is 68.0 Å². The SMILES string of the molecule is Cc1nn2cnnc2c(N2CCN(CCC3OCCO3)CC2)c1C. The fourth-order valence-electron chi connectivity index (χ4n) is 3.47. The molecule has 0 N–H and O–H groups in total. The third-order valence-corrected chi connectivity index (χ3v) is 4.96. The molecule has 0 bridgehead atoms. The van der Waals surface area contributed by atoms with Crippen LogP contribution in [0.15, 0.2) is 6.33 Å². The number of anilines is 1. The molecule has 8 nitrogen and oxygen atoms in total. The number of nitrogens with zero attached hydrogens (tertiary/aromatic N) is 6. The van der Waals surface area contributed by atoms with E-state index in [1.54, 1.807) is 10.8 Å². The Labute approximate surface area is 141 Å². The molecule has 0 spiro atoms. The Balaban J connectivity index is 1.42. The van der Waals surface area contributed by atoms with Crippen LogP contribution < -0.4 is 4.90 Å². The first-order valence-electron chi connectivity index (χ1n) is 8.60. The van der Waals surface area contributed by atoms with Crippen LogP contribution in [0.3, 0.4) is 0 Å². The predicted octanol–water partition coefficient (Wildman–Crippen LogP) is 0.626. The van der Waals surface area contributed by atoms with Gasteiger partial charge in [0.15, 0.2) is 6.29 Å². The highest BCUT2D eigenvalue weighted by atomic mass is 16.7. The Morgan fingerprint density at radius 1 is 1.12 bits per heavy atom. The zero-order valence-corrected chi connectivity index (χ0v) is 14.3. The van der Waals surface area contributed by atoms with Crippen molar-refractivity contribution in [3.05, 3.63) is 17.6 Å². The molecule has 2 fully saturated rings. The van der Waals surface area contributed by atoms with Crippen LogP contribution in [0.2, 0.25) is 0 Å². The number of aryl methyl sites for hydroxylation is 1. The minimum atomic E-state index is -0.0104. The van der Waals surface area contributed by atoms with Crippen molar-refractivity contribution in [1.82, 2.24) is 24.7 Å². The number of aromatic nitrogens is 4. The van der Waals surface area contributed by atoms with E-state index in [0.717, 1.165) is 63.7 Å². The summed E-state index contributed by atoms with van der Waals surface area (Å²) in [6.45, 7) is 10.7. The molecule has 2 aromatic heterocycles. The summed E-state index contributed by atoms with van der Waals surface area (Å²) in [5.41, 5.74) is 4.23. The van der Waals surface area contributed by atoms with Gasteiger partial charge in [0, 0.05) is 39.1 Å². The van der Waals surface area contributed by atoms with E-state index < -0.39 is 0 Å². The van der Waals surface area contributed by atoms with Gasteiger partial charge in [0.05, 0.1) is 24.6 Å². The third-order valence-electron chi connectivity index (χ3n) is 4.96. The second-order valence-corrected chi connectivity index (χ2v) is 6.45. The van der Waals surface area contributed by atoms with Crippen LogP contribution in [0, 0.1) is 13.8 Å². The zero-order valence-electron chi connectivity index (χ0n) is 14.3. The molecule has 0 saturated carbocycles. The molecule has 2 saturated heterocycles. The van der Waals surface area contributed by atoms with Crippen LogP contribution in [0.4, 0.5) is 5.69 Å². The average molecular weight is 332 g/mol. The van der Waals surface area contributed by atoms with Crippen LogP contribution in [-0.4, -0.2) is 76.9 Å². The van der Waals surface area contributed by atoms with Crippen molar-refractivity contribution in [3.63, 3.8) is 0 Å². The Morgan fingerprint density at radius 2 is 1.88 bits per heavy atom. The highest BCUT2D eigenvalue weighted by Gasteiger charge is 2.24. The maximum atomic E-state index is 5.52. The van der Waals surface area contributed by atoms with Crippen molar-refractivity contribution in [1.29, 1.82) is 0 Å². The smallest absolute Gasteiger partial charge is 0.201 e. The van der Waals surface area contributed by atoms with Crippen molar-refractivity contribution < 1.29 is 9.47 Å². The minimum Gasteiger partial charge on any atom is -0.366 e. The van der Waals surface area contributed by atoms with E-state index in [-0.39, 0.29) is 6.29 Å². The number of fused-ring (bicyclic) bond motifs is 1. The van der Waals surface area contributed by atoms with E-state index >= 15 is 0 Å². The minimum absolute atomic E-state index is 0.0104. The van der Waals surface area contributed by atoms with Gasteiger partial charge < -0.3 is 14.4 Å². The molecule has 2 aliphatic rings. The molecular weight excluding hydrogens is 308 g/mol. The molecule has 4 rings (SSSR count). The number of ether oxygens (including phenoxy) is 2. The van der Waals surface area contributed by atoms with Crippen LogP contribution in [0.5, 0.6) is 0 Å². The van der Waals surface area contributed by atoms with Crippen molar-refractivity contribution >= 4 is 11.3 Å². The molecule has 24 heavy (non-hydrogen) atoms. The van der Waals surface area contributed by atoms with E-state index in [4.69, 9.17) is 9.47 Å². The van der Waals surface area contributed by atoms with E-state index in [1.807, 2.05) is 6.92 Å². The normalized spacial score (nSPS) is 20.3. The molecule has 0 aromatic carbocycles. The van der Waals surface area contributed by atoms with E-state index in [0.29, 0.717) is 0 Å². The summed E-state index contributed by atoms with van der Waals surface area (Å²) in [6.07, 6.45) is 2.61. The summed E-state index contributed by atoms with van der Waals surface area (Å²) >= 11 is 0. The van der Waals surface area contributed by atoms with Crippen molar-refractivity contribution in [2.75, 3.05) is 50.8 Å². The van der Waals surface area contributed by atoms with Crippen molar-refractivity contribution in [2.24, 2.45) is 0 Å². The monoisotopic (exact) mass is 332 g/mol. The van der Waals surface area contributed by atoms with Gasteiger partial charge in [0.1, 0.15) is 6.33 Å². The highest BCUT2D eigenvalue weighted by Crippen LogP contribution is 2.27. The van der Waals surface area contributed by atoms with Gasteiger partial charge in [-0.15, -0.1) is 10.2 Å². The van der Waals surface area contributed by atoms with Gasteiger partial charge in [-0.2, -0.15) is 9.61 Å². The summed E-state index contributed by atoms with van der Waals surface area (Å²) in [7, 11) is 0. The molecule has 0 radical (unpaired) electrons. The fraction of sp³-hybridized carbons (Fsp3) is 0.688. The van der Waals surface area contributed by atoms with E-state index in [9.17, 15) is 0 Å². The van der Waals surface area contributed by atoms with Crippen LogP contribution >= 0.6 is 0 Å². The molecule has 0 aliphatic carbocycles. The Kier molecular flexibility index (Phi) is 4.34. The molecule has 2 aliphatic heterocycles. The predicted molar refractivity (Wildman–Crippen MR) is 89.2 cm³/mol. The highest BCUT2D eigenvalue weighted by molar-refractivity contribution is 5.72. The lowest BCUT2D eigenvalue weighted by Crippen LogP contribution is -2.47. The van der Waals surface area contributed by atoms with Crippen LogP contribution in [0.25, 0.3) is 5.65 Å². The van der Waals surface area contributed by atoms with Crippen LogP contribution in [0.1, 0.15) is 17.7 Å². The molecule has 130 valence electrons. The van der Waals surface area contributed by atoms with Gasteiger partial charge in [-0.05, 0) is 19.4 Å². The summed E-state index contributed by atoms with van der Waals surface area (Å²) in [6, 6.07) is 0. The van der Waals surface area contributed by atoms with Gasteiger partial charge >= 0.3 is 0 Å². The number of piperazine rings is 1. The Morgan fingerprint density at radius 3 is 2.62 bits per heavy atom. The molecule has 8 heteroatoms.